The summed E-state index contributed by atoms with van der Waals surface area (Å²) in [5, 5.41) is 14.8. The Hall–Kier alpha value is -5.10. The third-order valence-electron chi connectivity index (χ3n) is 8.93. The molecule has 3 aromatic carbocycles. The maximum Gasteiger partial charge on any atom is 0.255 e. The summed E-state index contributed by atoms with van der Waals surface area (Å²) >= 11 is 5.94. The molecule has 1 aliphatic carbocycles. The standard InChI is InChI=1S/C38H44ClN5O7/c39-27-14-16-28(17-15-27)50-23-21-41-36(48)31-25-33(45)44-38(18-7-2-8-19-38)37(49)43-30(24-26-10-3-1-4-11-26)35(47)40-20-9-22-51-32-13-6-5-12-29(32)34(46)42-31/h1,3-6,10-17,30-31H,2,7-9,18-25H2,(H,40,47)(H,41,48)(H,42,46)(H,43,49)(H,44,45)/t30-,31-/m0/s1. The van der Waals surface area contributed by atoms with E-state index in [-0.39, 0.29) is 49.9 Å². The molecule has 3 aromatic rings. The molecule has 5 rings (SSSR count). The largest absolute Gasteiger partial charge is 0.493 e. The van der Waals surface area contributed by atoms with Crippen LogP contribution in [0.4, 0.5) is 0 Å². The highest BCUT2D eigenvalue weighted by molar-refractivity contribution is 6.30. The van der Waals surface area contributed by atoms with Crippen LogP contribution in [-0.4, -0.2) is 73.5 Å². The predicted molar refractivity (Wildman–Crippen MR) is 191 cm³/mol. The van der Waals surface area contributed by atoms with Crippen molar-refractivity contribution in [2.45, 2.75) is 69.0 Å². The lowest BCUT2D eigenvalue weighted by Crippen LogP contribution is -2.63. The first kappa shape index (κ1) is 37.2. The molecule has 5 amide bonds. The second-order valence-corrected chi connectivity index (χ2v) is 13.2. The normalized spacial score (nSPS) is 20.2. The molecule has 51 heavy (non-hydrogen) atoms. The molecule has 13 heteroatoms. The highest BCUT2D eigenvalue weighted by atomic mass is 35.5. The predicted octanol–water partition coefficient (Wildman–Crippen LogP) is 3.47. The zero-order valence-electron chi connectivity index (χ0n) is 28.4. The summed E-state index contributed by atoms with van der Waals surface area (Å²) < 4.78 is 11.6. The summed E-state index contributed by atoms with van der Waals surface area (Å²) in [6.07, 6.45) is 3.23. The van der Waals surface area contributed by atoms with Crippen molar-refractivity contribution in [3.05, 3.63) is 95.0 Å². The van der Waals surface area contributed by atoms with Crippen molar-refractivity contribution in [1.82, 2.24) is 26.6 Å². The van der Waals surface area contributed by atoms with Crippen LogP contribution < -0.4 is 36.1 Å². The van der Waals surface area contributed by atoms with Crippen LogP contribution in [0, 0.1) is 0 Å². The first-order valence-electron chi connectivity index (χ1n) is 17.3. The van der Waals surface area contributed by atoms with Crippen molar-refractivity contribution in [3.63, 3.8) is 0 Å². The van der Waals surface area contributed by atoms with Gasteiger partial charge in [0.05, 0.1) is 25.1 Å². The average molecular weight is 718 g/mol. The first-order valence-corrected chi connectivity index (χ1v) is 17.7. The maximum absolute atomic E-state index is 14.1. The Bertz CT molecular complexity index is 1660. The van der Waals surface area contributed by atoms with Crippen LogP contribution in [0.1, 0.15) is 60.9 Å². The lowest BCUT2D eigenvalue weighted by Gasteiger charge is -2.38. The molecule has 1 heterocycles. The zero-order valence-corrected chi connectivity index (χ0v) is 29.1. The Kier molecular flexibility index (Phi) is 13.3. The SMILES string of the molecule is O=C1C[C@@H](C(=O)NCCOc2ccc(Cl)cc2)NC(=O)c2ccccc2OCCCNC(=O)[C@H](Cc2ccccc2)NC(=O)C2(CCCCC2)N1. The van der Waals surface area contributed by atoms with Crippen LogP contribution in [0.2, 0.25) is 5.02 Å². The van der Waals surface area contributed by atoms with E-state index >= 15 is 0 Å². The van der Waals surface area contributed by atoms with Crippen LogP contribution >= 0.6 is 11.6 Å². The Balaban J connectivity index is 1.37. The molecule has 2 atom stereocenters. The van der Waals surface area contributed by atoms with Gasteiger partial charge < -0.3 is 36.1 Å². The minimum absolute atomic E-state index is 0.0896. The van der Waals surface area contributed by atoms with Gasteiger partial charge in [0, 0.05) is 18.0 Å². The Morgan fingerprint density at radius 1 is 0.882 bits per heavy atom. The van der Waals surface area contributed by atoms with Gasteiger partial charge in [0.15, 0.2) is 0 Å². The summed E-state index contributed by atoms with van der Waals surface area (Å²) in [4.78, 5) is 68.5. The third-order valence-corrected chi connectivity index (χ3v) is 9.18. The number of carbonyl (C=O) groups excluding carboxylic acids is 5. The summed E-state index contributed by atoms with van der Waals surface area (Å²) in [5.74, 6) is -1.78. The zero-order chi connectivity index (χ0) is 36.1. The molecular weight excluding hydrogens is 674 g/mol. The lowest BCUT2D eigenvalue weighted by molar-refractivity contribution is -0.138. The summed E-state index contributed by atoms with van der Waals surface area (Å²) in [7, 11) is 0. The molecule has 0 aromatic heterocycles. The minimum atomic E-state index is -1.30. The van der Waals surface area contributed by atoms with E-state index in [1.807, 2.05) is 30.3 Å². The molecule has 0 bridgehead atoms. The van der Waals surface area contributed by atoms with Crippen LogP contribution in [-0.2, 0) is 25.6 Å². The van der Waals surface area contributed by atoms with E-state index in [1.165, 1.54) is 0 Å². The van der Waals surface area contributed by atoms with Crippen LogP contribution in [0.5, 0.6) is 11.5 Å². The van der Waals surface area contributed by atoms with Gasteiger partial charge in [-0.25, -0.2) is 0 Å². The second-order valence-electron chi connectivity index (χ2n) is 12.7. The van der Waals surface area contributed by atoms with Gasteiger partial charge in [-0.2, -0.15) is 0 Å². The van der Waals surface area contributed by atoms with Gasteiger partial charge in [0.25, 0.3) is 5.91 Å². The monoisotopic (exact) mass is 717 g/mol. The number of nitrogens with one attached hydrogen (secondary N) is 5. The molecule has 1 fully saturated rings. The Morgan fingerprint density at radius 3 is 2.37 bits per heavy atom. The third kappa shape index (κ3) is 10.7. The number of fused-ring (bicyclic) bond motifs is 1. The number of benzene rings is 3. The lowest BCUT2D eigenvalue weighted by atomic mass is 9.80. The van der Waals surface area contributed by atoms with Gasteiger partial charge >= 0.3 is 0 Å². The fourth-order valence-electron chi connectivity index (χ4n) is 6.23. The molecule has 270 valence electrons. The van der Waals surface area contributed by atoms with E-state index in [9.17, 15) is 24.0 Å². The molecule has 0 unspecified atom stereocenters. The van der Waals surface area contributed by atoms with E-state index in [0.29, 0.717) is 42.9 Å². The van der Waals surface area contributed by atoms with Crippen molar-refractivity contribution < 1.29 is 33.4 Å². The summed E-state index contributed by atoms with van der Waals surface area (Å²) in [6, 6.07) is 20.6. The molecule has 1 aliphatic heterocycles. The van der Waals surface area contributed by atoms with Crippen LogP contribution in [0.3, 0.4) is 0 Å². The number of hydrogen-bond acceptors (Lipinski definition) is 7. The molecule has 1 spiro atoms. The highest BCUT2D eigenvalue weighted by Crippen LogP contribution is 2.29. The number of para-hydroxylation sites is 1. The first-order chi connectivity index (χ1) is 24.7. The topological polar surface area (TPSA) is 164 Å². The van der Waals surface area contributed by atoms with Gasteiger partial charge in [-0.1, -0.05) is 73.3 Å². The van der Waals surface area contributed by atoms with Crippen molar-refractivity contribution in [3.8, 4) is 11.5 Å². The number of hydrogen-bond donors (Lipinski definition) is 5. The van der Waals surface area contributed by atoms with Crippen LogP contribution in [0.25, 0.3) is 0 Å². The minimum Gasteiger partial charge on any atom is -0.493 e. The van der Waals surface area contributed by atoms with Gasteiger partial charge in [-0.15, -0.1) is 0 Å². The number of amides is 5. The smallest absolute Gasteiger partial charge is 0.255 e. The fourth-order valence-corrected chi connectivity index (χ4v) is 6.36. The van der Waals surface area contributed by atoms with Crippen LogP contribution in [0.15, 0.2) is 78.9 Å². The van der Waals surface area contributed by atoms with E-state index in [1.54, 1.807) is 48.5 Å². The van der Waals surface area contributed by atoms with Crippen molar-refractivity contribution in [2.75, 3.05) is 26.3 Å². The Labute approximate surface area is 302 Å². The number of halogens is 1. The molecular formula is C38H44ClN5O7. The molecule has 2 aliphatic rings. The molecule has 0 saturated heterocycles. The second kappa shape index (κ2) is 18.2. The van der Waals surface area contributed by atoms with E-state index < -0.39 is 47.7 Å². The molecule has 1 saturated carbocycles. The van der Waals surface area contributed by atoms with Gasteiger partial charge in [0.2, 0.25) is 23.6 Å². The maximum atomic E-state index is 14.1. The molecule has 5 N–H and O–H groups in total. The van der Waals surface area contributed by atoms with E-state index in [0.717, 1.165) is 12.0 Å². The van der Waals surface area contributed by atoms with Crippen molar-refractivity contribution in [2.24, 2.45) is 0 Å². The number of rotatable bonds is 7. The average Bonchev–Trinajstić information content (AvgIpc) is 3.13. The van der Waals surface area contributed by atoms with Crippen molar-refractivity contribution in [1.29, 1.82) is 0 Å². The quantitative estimate of drug-likeness (QED) is 0.234. The molecule has 0 radical (unpaired) electrons. The van der Waals surface area contributed by atoms with E-state index in [2.05, 4.69) is 26.6 Å². The summed E-state index contributed by atoms with van der Waals surface area (Å²) in [5.41, 5.74) is -0.253. The summed E-state index contributed by atoms with van der Waals surface area (Å²) in [6.45, 7) is 0.661. The Morgan fingerprint density at radius 2 is 1.61 bits per heavy atom. The highest BCUT2D eigenvalue weighted by Gasteiger charge is 2.43. The number of ether oxygens (including phenoxy) is 2. The number of carbonyl (C=O) groups is 5. The van der Waals surface area contributed by atoms with Gasteiger partial charge in [0.1, 0.15) is 35.7 Å². The van der Waals surface area contributed by atoms with E-state index in [4.69, 9.17) is 21.1 Å². The molecule has 12 nitrogen and oxygen atoms in total. The van der Waals surface area contributed by atoms with Gasteiger partial charge in [-0.3, -0.25) is 24.0 Å². The fraction of sp³-hybridized carbons (Fsp3) is 0.395. The van der Waals surface area contributed by atoms with Crippen molar-refractivity contribution >= 4 is 41.1 Å². The van der Waals surface area contributed by atoms with Gasteiger partial charge in [-0.05, 0) is 61.2 Å².